The number of rotatable bonds is 3. The SMILES string of the molecule is CC(C)(C)[C@@H](CO)NC(=O)Nc1ccncc1. The molecule has 0 saturated heterocycles. The van der Waals surface area contributed by atoms with Crippen molar-refractivity contribution in [3.8, 4) is 0 Å². The van der Waals surface area contributed by atoms with Crippen molar-refractivity contribution in [3.05, 3.63) is 24.5 Å². The predicted octanol–water partition coefficient (Wildman–Crippen LogP) is 1.61. The van der Waals surface area contributed by atoms with Crippen molar-refractivity contribution in [3.63, 3.8) is 0 Å². The summed E-state index contributed by atoms with van der Waals surface area (Å²) in [5.41, 5.74) is 0.479. The number of nitrogens with zero attached hydrogens (tertiary/aromatic N) is 1. The molecule has 0 fully saturated rings. The third-order valence-corrected chi connectivity index (χ3v) is 2.47. The molecule has 1 aromatic heterocycles. The van der Waals surface area contributed by atoms with E-state index in [1.54, 1.807) is 24.5 Å². The minimum atomic E-state index is -0.329. The number of hydrogen-bond acceptors (Lipinski definition) is 3. The van der Waals surface area contributed by atoms with Gasteiger partial charge in [0.1, 0.15) is 0 Å². The van der Waals surface area contributed by atoms with Crippen LogP contribution in [0.4, 0.5) is 10.5 Å². The highest BCUT2D eigenvalue weighted by Crippen LogP contribution is 2.18. The molecule has 0 bridgehead atoms. The molecule has 2 amide bonds. The summed E-state index contributed by atoms with van der Waals surface area (Å²) in [5.74, 6) is 0. The lowest BCUT2D eigenvalue weighted by Gasteiger charge is -2.29. The first-order chi connectivity index (χ1) is 7.93. The Balaban J connectivity index is 2.55. The van der Waals surface area contributed by atoms with E-state index in [1.165, 1.54) is 0 Å². The van der Waals surface area contributed by atoms with Crippen molar-refractivity contribution >= 4 is 11.7 Å². The topological polar surface area (TPSA) is 74.2 Å². The number of anilines is 1. The first-order valence-electron chi connectivity index (χ1n) is 5.52. The van der Waals surface area contributed by atoms with Gasteiger partial charge in [-0.05, 0) is 17.5 Å². The molecule has 0 radical (unpaired) electrons. The Morgan fingerprint density at radius 3 is 2.47 bits per heavy atom. The lowest BCUT2D eigenvalue weighted by atomic mass is 9.87. The Morgan fingerprint density at radius 2 is 2.00 bits per heavy atom. The Morgan fingerprint density at radius 1 is 1.41 bits per heavy atom. The number of aliphatic hydroxyl groups excluding tert-OH is 1. The van der Waals surface area contributed by atoms with Gasteiger partial charge in [-0.25, -0.2) is 4.79 Å². The lowest BCUT2D eigenvalue weighted by molar-refractivity contribution is 0.162. The number of hydrogen-bond donors (Lipinski definition) is 3. The third-order valence-electron chi connectivity index (χ3n) is 2.47. The van der Waals surface area contributed by atoms with E-state index in [-0.39, 0.29) is 24.1 Å². The number of nitrogens with one attached hydrogen (secondary N) is 2. The second-order valence-electron chi connectivity index (χ2n) is 4.94. The molecule has 0 aliphatic carbocycles. The van der Waals surface area contributed by atoms with Gasteiger partial charge in [-0.15, -0.1) is 0 Å². The first kappa shape index (κ1) is 13.4. The van der Waals surface area contributed by atoms with Crippen LogP contribution in [-0.4, -0.2) is 28.8 Å². The highest BCUT2D eigenvalue weighted by Gasteiger charge is 2.25. The molecule has 0 aliphatic heterocycles. The number of amides is 2. The van der Waals surface area contributed by atoms with Crippen LogP contribution in [0.5, 0.6) is 0 Å². The maximum atomic E-state index is 11.7. The summed E-state index contributed by atoms with van der Waals surface area (Å²) in [4.78, 5) is 15.5. The molecule has 5 heteroatoms. The summed E-state index contributed by atoms with van der Waals surface area (Å²) >= 11 is 0. The minimum Gasteiger partial charge on any atom is -0.394 e. The molecule has 0 aliphatic rings. The summed E-state index contributed by atoms with van der Waals surface area (Å²) in [6.07, 6.45) is 3.20. The van der Waals surface area contributed by atoms with Crippen molar-refractivity contribution in [1.29, 1.82) is 0 Å². The van der Waals surface area contributed by atoms with Crippen molar-refractivity contribution in [2.75, 3.05) is 11.9 Å². The van der Waals surface area contributed by atoms with Crippen molar-refractivity contribution in [1.82, 2.24) is 10.3 Å². The molecule has 5 nitrogen and oxygen atoms in total. The zero-order valence-electron chi connectivity index (χ0n) is 10.4. The van der Waals surface area contributed by atoms with Gasteiger partial charge in [0.25, 0.3) is 0 Å². The number of urea groups is 1. The van der Waals surface area contributed by atoms with Gasteiger partial charge in [-0.1, -0.05) is 20.8 Å². The first-order valence-corrected chi connectivity index (χ1v) is 5.52. The zero-order valence-corrected chi connectivity index (χ0v) is 10.4. The quantitative estimate of drug-likeness (QED) is 0.747. The van der Waals surface area contributed by atoms with Gasteiger partial charge in [0.05, 0.1) is 12.6 Å². The molecule has 0 saturated carbocycles. The van der Waals surface area contributed by atoms with E-state index < -0.39 is 0 Å². The molecule has 1 atom stereocenters. The zero-order chi connectivity index (χ0) is 12.9. The molecule has 1 aromatic rings. The van der Waals surface area contributed by atoms with Crippen molar-refractivity contribution in [2.45, 2.75) is 26.8 Å². The molecule has 0 unspecified atom stereocenters. The fourth-order valence-electron chi connectivity index (χ4n) is 1.30. The van der Waals surface area contributed by atoms with Gasteiger partial charge >= 0.3 is 6.03 Å². The smallest absolute Gasteiger partial charge is 0.319 e. The number of aromatic nitrogens is 1. The van der Waals surface area contributed by atoms with E-state index in [2.05, 4.69) is 15.6 Å². The standard InChI is InChI=1S/C12H19N3O2/c1-12(2,3)10(8-16)15-11(17)14-9-4-6-13-7-5-9/h4-7,10,16H,8H2,1-3H3,(H2,13,14,15,17)/t10-/m1/s1. The fraction of sp³-hybridized carbons (Fsp3) is 0.500. The fourth-order valence-corrected chi connectivity index (χ4v) is 1.30. The highest BCUT2D eigenvalue weighted by atomic mass is 16.3. The Bertz CT molecular complexity index is 360. The normalized spacial score (nSPS) is 12.9. The predicted molar refractivity (Wildman–Crippen MR) is 66.7 cm³/mol. The number of carbonyl (C=O) groups excluding carboxylic acids is 1. The lowest BCUT2D eigenvalue weighted by Crippen LogP contribution is -2.47. The van der Waals surface area contributed by atoms with E-state index in [0.717, 1.165) is 0 Å². The summed E-state index contributed by atoms with van der Waals surface area (Å²) < 4.78 is 0. The van der Waals surface area contributed by atoms with Crippen LogP contribution in [0.3, 0.4) is 0 Å². The Hall–Kier alpha value is -1.62. The molecular weight excluding hydrogens is 218 g/mol. The monoisotopic (exact) mass is 237 g/mol. The maximum absolute atomic E-state index is 11.7. The molecule has 3 N–H and O–H groups in total. The Kier molecular flexibility index (Phi) is 4.45. The maximum Gasteiger partial charge on any atom is 0.319 e. The van der Waals surface area contributed by atoms with Gasteiger partial charge in [0.2, 0.25) is 0 Å². The number of pyridine rings is 1. The van der Waals surface area contributed by atoms with E-state index in [4.69, 9.17) is 0 Å². The molecule has 0 spiro atoms. The molecule has 94 valence electrons. The summed E-state index contributed by atoms with van der Waals surface area (Å²) in [6.45, 7) is 5.79. The van der Waals surface area contributed by atoms with Crippen LogP contribution >= 0.6 is 0 Å². The van der Waals surface area contributed by atoms with Gasteiger partial charge in [0, 0.05) is 18.1 Å². The van der Waals surface area contributed by atoms with E-state index in [1.807, 2.05) is 20.8 Å². The van der Waals surface area contributed by atoms with Crippen LogP contribution < -0.4 is 10.6 Å². The van der Waals surface area contributed by atoms with E-state index in [9.17, 15) is 9.90 Å². The van der Waals surface area contributed by atoms with Gasteiger partial charge < -0.3 is 15.7 Å². The van der Waals surface area contributed by atoms with Crippen LogP contribution in [0.25, 0.3) is 0 Å². The minimum absolute atomic E-state index is 0.0900. The van der Waals surface area contributed by atoms with Gasteiger partial charge in [-0.2, -0.15) is 0 Å². The van der Waals surface area contributed by atoms with Crippen LogP contribution in [0.15, 0.2) is 24.5 Å². The molecule has 0 aromatic carbocycles. The van der Waals surface area contributed by atoms with E-state index >= 15 is 0 Å². The average Bonchev–Trinajstić information content (AvgIpc) is 2.25. The van der Waals surface area contributed by atoms with E-state index in [0.29, 0.717) is 5.69 Å². The third kappa shape index (κ3) is 4.40. The molecule has 17 heavy (non-hydrogen) atoms. The summed E-state index contributed by atoms with van der Waals surface area (Å²) in [5, 5.41) is 14.6. The number of aliphatic hydroxyl groups is 1. The average molecular weight is 237 g/mol. The highest BCUT2D eigenvalue weighted by molar-refractivity contribution is 5.89. The Labute approximate surface area is 101 Å². The van der Waals surface area contributed by atoms with Crippen molar-refractivity contribution < 1.29 is 9.90 Å². The van der Waals surface area contributed by atoms with Gasteiger partial charge in [-0.3, -0.25) is 4.98 Å². The summed E-state index contributed by atoms with van der Waals surface area (Å²) in [6, 6.07) is 2.78. The van der Waals surface area contributed by atoms with Crippen LogP contribution in [0.2, 0.25) is 0 Å². The molecule has 1 rings (SSSR count). The second kappa shape index (κ2) is 5.63. The van der Waals surface area contributed by atoms with Crippen LogP contribution in [0, 0.1) is 5.41 Å². The summed E-state index contributed by atoms with van der Waals surface area (Å²) in [7, 11) is 0. The largest absolute Gasteiger partial charge is 0.394 e. The molecular formula is C12H19N3O2. The van der Waals surface area contributed by atoms with Crippen LogP contribution in [-0.2, 0) is 0 Å². The molecule has 1 heterocycles. The van der Waals surface area contributed by atoms with Crippen LogP contribution in [0.1, 0.15) is 20.8 Å². The second-order valence-corrected chi connectivity index (χ2v) is 4.94. The van der Waals surface area contributed by atoms with Gasteiger partial charge in [0.15, 0.2) is 0 Å². The van der Waals surface area contributed by atoms with Crippen molar-refractivity contribution in [2.24, 2.45) is 5.41 Å². The number of carbonyl (C=O) groups is 1.